The first-order chi connectivity index (χ1) is 5.75. The topological polar surface area (TPSA) is 49.4 Å². The molecule has 1 saturated heterocycles. The van der Waals surface area contributed by atoms with E-state index in [4.69, 9.17) is 0 Å². The third-order valence-electron chi connectivity index (χ3n) is 2.11. The summed E-state index contributed by atoms with van der Waals surface area (Å²) in [5, 5.41) is 2.45. The molecule has 0 bridgehead atoms. The highest BCUT2D eigenvalue weighted by atomic mass is 16.2. The summed E-state index contributed by atoms with van der Waals surface area (Å²) in [6.45, 7) is 3.38. The molecule has 0 aromatic heterocycles. The van der Waals surface area contributed by atoms with Gasteiger partial charge in [0.25, 0.3) is 0 Å². The maximum atomic E-state index is 11.4. The van der Waals surface area contributed by atoms with E-state index in [1.807, 2.05) is 0 Å². The fourth-order valence-electron chi connectivity index (χ4n) is 1.38. The van der Waals surface area contributed by atoms with Gasteiger partial charge in [-0.05, 0) is 19.8 Å². The third kappa shape index (κ3) is 1.96. The van der Waals surface area contributed by atoms with E-state index in [-0.39, 0.29) is 11.9 Å². The SMILES string of the molecule is C[C@H](NC=O)C(=O)N1CCCC1. The van der Waals surface area contributed by atoms with E-state index in [0.29, 0.717) is 6.41 Å². The van der Waals surface area contributed by atoms with Crippen molar-refractivity contribution in [2.75, 3.05) is 13.1 Å². The van der Waals surface area contributed by atoms with Crippen LogP contribution in [0.5, 0.6) is 0 Å². The van der Waals surface area contributed by atoms with Gasteiger partial charge in [0.2, 0.25) is 12.3 Å². The molecule has 4 heteroatoms. The Morgan fingerprint density at radius 3 is 2.58 bits per heavy atom. The van der Waals surface area contributed by atoms with Crippen LogP contribution in [0.3, 0.4) is 0 Å². The molecule has 2 amide bonds. The van der Waals surface area contributed by atoms with Crippen LogP contribution < -0.4 is 5.32 Å². The Bertz CT molecular complexity index is 176. The van der Waals surface area contributed by atoms with Crippen molar-refractivity contribution in [3.63, 3.8) is 0 Å². The minimum absolute atomic E-state index is 0.0274. The number of nitrogens with one attached hydrogen (secondary N) is 1. The summed E-state index contributed by atoms with van der Waals surface area (Å²) in [7, 11) is 0. The molecule has 1 fully saturated rings. The molecule has 68 valence electrons. The molecule has 1 N–H and O–H groups in total. The molecule has 0 aromatic rings. The first-order valence-electron chi connectivity index (χ1n) is 4.24. The Balaban J connectivity index is 2.39. The fourth-order valence-corrected chi connectivity index (χ4v) is 1.38. The van der Waals surface area contributed by atoms with E-state index >= 15 is 0 Å². The molecule has 1 atom stereocenters. The monoisotopic (exact) mass is 170 g/mol. The Hall–Kier alpha value is -1.06. The Labute approximate surface area is 71.9 Å². The van der Waals surface area contributed by atoms with Gasteiger partial charge in [0.05, 0.1) is 0 Å². The maximum Gasteiger partial charge on any atom is 0.244 e. The fraction of sp³-hybridized carbons (Fsp3) is 0.750. The average Bonchev–Trinajstić information content (AvgIpc) is 2.55. The van der Waals surface area contributed by atoms with Gasteiger partial charge in [-0.1, -0.05) is 0 Å². The number of hydrogen-bond donors (Lipinski definition) is 1. The molecule has 1 heterocycles. The first-order valence-corrected chi connectivity index (χ1v) is 4.24. The van der Waals surface area contributed by atoms with Gasteiger partial charge in [0.1, 0.15) is 6.04 Å². The van der Waals surface area contributed by atoms with Gasteiger partial charge >= 0.3 is 0 Å². The Kier molecular flexibility index (Phi) is 3.08. The number of likely N-dealkylation sites (tertiary alicyclic amines) is 1. The maximum absolute atomic E-state index is 11.4. The van der Waals surface area contributed by atoms with Crippen LogP contribution in [0.15, 0.2) is 0 Å². The predicted molar refractivity (Wildman–Crippen MR) is 44.5 cm³/mol. The van der Waals surface area contributed by atoms with Gasteiger partial charge < -0.3 is 10.2 Å². The molecule has 1 rings (SSSR count). The Morgan fingerprint density at radius 2 is 2.08 bits per heavy atom. The molecule has 0 unspecified atom stereocenters. The molecule has 4 nitrogen and oxygen atoms in total. The average molecular weight is 170 g/mol. The number of carbonyl (C=O) groups excluding carboxylic acids is 2. The van der Waals surface area contributed by atoms with Gasteiger partial charge in [-0.2, -0.15) is 0 Å². The van der Waals surface area contributed by atoms with E-state index < -0.39 is 0 Å². The van der Waals surface area contributed by atoms with E-state index in [1.165, 1.54) is 0 Å². The van der Waals surface area contributed by atoms with Crippen LogP contribution in [0.4, 0.5) is 0 Å². The highest BCUT2D eigenvalue weighted by Gasteiger charge is 2.22. The second kappa shape index (κ2) is 4.09. The summed E-state index contributed by atoms with van der Waals surface area (Å²) in [5.41, 5.74) is 0. The van der Waals surface area contributed by atoms with E-state index in [9.17, 15) is 9.59 Å². The van der Waals surface area contributed by atoms with Crippen molar-refractivity contribution in [3.05, 3.63) is 0 Å². The van der Waals surface area contributed by atoms with E-state index in [0.717, 1.165) is 25.9 Å². The predicted octanol–water partition coefficient (Wildman–Crippen LogP) is -0.257. The van der Waals surface area contributed by atoms with E-state index in [1.54, 1.807) is 11.8 Å². The van der Waals surface area contributed by atoms with Crippen molar-refractivity contribution in [2.24, 2.45) is 0 Å². The lowest BCUT2D eigenvalue weighted by atomic mass is 10.3. The zero-order chi connectivity index (χ0) is 8.97. The zero-order valence-corrected chi connectivity index (χ0v) is 7.25. The van der Waals surface area contributed by atoms with Crippen molar-refractivity contribution in [3.8, 4) is 0 Å². The van der Waals surface area contributed by atoms with E-state index in [2.05, 4.69) is 5.32 Å². The highest BCUT2D eigenvalue weighted by Crippen LogP contribution is 2.08. The first kappa shape index (κ1) is 9.03. The molecule has 1 aliphatic rings. The summed E-state index contributed by atoms with van der Waals surface area (Å²) in [6, 6.07) is -0.374. The van der Waals surface area contributed by atoms with Crippen molar-refractivity contribution < 1.29 is 9.59 Å². The zero-order valence-electron chi connectivity index (χ0n) is 7.25. The van der Waals surface area contributed by atoms with Crippen LogP contribution in [-0.2, 0) is 9.59 Å². The van der Waals surface area contributed by atoms with Gasteiger partial charge in [0.15, 0.2) is 0 Å². The molecule has 0 spiro atoms. The number of amides is 2. The summed E-state index contributed by atoms with van der Waals surface area (Å²) < 4.78 is 0. The third-order valence-corrected chi connectivity index (χ3v) is 2.11. The standard InChI is InChI=1S/C8H14N2O2/c1-7(9-6-11)8(12)10-4-2-3-5-10/h6-7H,2-5H2,1H3,(H,9,11)/t7-/m0/s1. The second-order valence-electron chi connectivity index (χ2n) is 3.04. The minimum Gasteiger partial charge on any atom is -0.347 e. The van der Waals surface area contributed by atoms with Crippen molar-refractivity contribution in [1.29, 1.82) is 0 Å². The van der Waals surface area contributed by atoms with Gasteiger partial charge in [-0.15, -0.1) is 0 Å². The molecule has 0 saturated carbocycles. The van der Waals surface area contributed by atoms with Crippen LogP contribution in [0, 0.1) is 0 Å². The van der Waals surface area contributed by atoms with Gasteiger partial charge in [0, 0.05) is 13.1 Å². The van der Waals surface area contributed by atoms with Gasteiger partial charge in [-0.3, -0.25) is 9.59 Å². The van der Waals surface area contributed by atoms with Crippen LogP contribution >= 0.6 is 0 Å². The summed E-state index contributed by atoms with van der Waals surface area (Å²) in [5.74, 6) is 0.0274. The minimum atomic E-state index is -0.374. The molecule has 0 aromatic carbocycles. The smallest absolute Gasteiger partial charge is 0.244 e. The number of nitrogens with zero attached hydrogens (tertiary/aromatic N) is 1. The lowest BCUT2D eigenvalue weighted by Gasteiger charge is -2.19. The number of rotatable bonds is 3. The van der Waals surface area contributed by atoms with Crippen LogP contribution in [-0.4, -0.2) is 36.3 Å². The summed E-state index contributed by atoms with van der Waals surface area (Å²) in [6.07, 6.45) is 2.73. The highest BCUT2D eigenvalue weighted by molar-refractivity contribution is 5.83. The van der Waals surface area contributed by atoms with Crippen LogP contribution in [0.2, 0.25) is 0 Å². The Morgan fingerprint density at radius 1 is 1.50 bits per heavy atom. The molecule has 0 aliphatic carbocycles. The van der Waals surface area contributed by atoms with Crippen molar-refractivity contribution in [2.45, 2.75) is 25.8 Å². The molecule has 1 aliphatic heterocycles. The normalized spacial score (nSPS) is 18.9. The summed E-state index contributed by atoms with van der Waals surface area (Å²) in [4.78, 5) is 23.3. The molecular formula is C8H14N2O2. The second-order valence-corrected chi connectivity index (χ2v) is 3.04. The summed E-state index contributed by atoms with van der Waals surface area (Å²) >= 11 is 0. The largest absolute Gasteiger partial charge is 0.347 e. The lowest BCUT2D eigenvalue weighted by molar-refractivity contribution is -0.133. The van der Waals surface area contributed by atoms with Crippen LogP contribution in [0.25, 0.3) is 0 Å². The molecule has 0 radical (unpaired) electrons. The van der Waals surface area contributed by atoms with Crippen LogP contribution in [0.1, 0.15) is 19.8 Å². The molecule has 12 heavy (non-hydrogen) atoms. The lowest BCUT2D eigenvalue weighted by Crippen LogP contribution is -2.43. The van der Waals surface area contributed by atoms with Gasteiger partial charge in [-0.25, -0.2) is 0 Å². The van der Waals surface area contributed by atoms with Crippen molar-refractivity contribution in [1.82, 2.24) is 10.2 Å². The van der Waals surface area contributed by atoms with Crippen molar-refractivity contribution >= 4 is 12.3 Å². The number of carbonyl (C=O) groups is 2. The quantitative estimate of drug-likeness (QED) is 0.593. The number of hydrogen-bond acceptors (Lipinski definition) is 2. The molecular weight excluding hydrogens is 156 g/mol.